The van der Waals surface area contributed by atoms with Gasteiger partial charge in [0, 0.05) is 12.5 Å². The van der Waals surface area contributed by atoms with Gasteiger partial charge in [-0.25, -0.2) is 8.78 Å². The van der Waals surface area contributed by atoms with Gasteiger partial charge in [0.1, 0.15) is 0 Å². The molecule has 1 atom stereocenters. The van der Waals surface area contributed by atoms with E-state index in [1.807, 2.05) is 4.90 Å². The monoisotopic (exact) mass is 193 g/mol. The second kappa shape index (κ2) is 4.86. The van der Waals surface area contributed by atoms with Crippen molar-refractivity contribution in [1.82, 2.24) is 4.90 Å². The summed E-state index contributed by atoms with van der Waals surface area (Å²) in [6, 6.07) is 0. The fourth-order valence-electron chi connectivity index (χ4n) is 1.76. The average molecular weight is 193 g/mol. The van der Waals surface area contributed by atoms with Gasteiger partial charge >= 0.3 is 0 Å². The SMILES string of the molecule is C[C@H](O)CN1CCC(C(F)F)CC1. The molecule has 1 heterocycles. The number of rotatable bonds is 3. The van der Waals surface area contributed by atoms with E-state index in [0.717, 1.165) is 0 Å². The Bertz CT molecular complexity index is 145. The molecule has 0 unspecified atom stereocenters. The number of likely N-dealkylation sites (tertiary alicyclic amines) is 1. The fraction of sp³-hybridized carbons (Fsp3) is 1.00. The standard InChI is InChI=1S/C9H17F2NO/c1-7(13)6-12-4-2-8(3-5-12)9(10)11/h7-9,13H,2-6H2,1H3/t7-/m0/s1. The molecule has 1 fully saturated rings. The molecule has 2 nitrogen and oxygen atoms in total. The molecule has 0 aliphatic carbocycles. The van der Waals surface area contributed by atoms with Gasteiger partial charge in [-0.05, 0) is 32.9 Å². The van der Waals surface area contributed by atoms with E-state index in [0.29, 0.717) is 32.5 Å². The lowest BCUT2D eigenvalue weighted by atomic mass is 9.97. The van der Waals surface area contributed by atoms with Crippen molar-refractivity contribution in [2.45, 2.75) is 32.3 Å². The van der Waals surface area contributed by atoms with Crippen LogP contribution in [0.3, 0.4) is 0 Å². The molecular formula is C9H17F2NO. The van der Waals surface area contributed by atoms with Crippen molar-refractivity contribution in [1.29, 1.82) is 0 Å². The highest BCUT2D eigenvalue weighted by atomic mass is 19.3. The van der Waals surface area contributed by atoms with Crippen molar-refractivity contribution in [3.8, 4) is 0 Å². The Hall–Kier alpha value is -0.220. The van der Waals surface area contributed by atoms with Crippen LogP contribution in [0.2, 0.25) is 0 Å². The first-order valence-corrected chi connectivity index (χ1v) is 4.78. The minimum absolute atomic E-state index is 0.358. The first-order valence-electron chi connectivity index (χ1n) is 4.78. The zero-order chi connectivity index (χ0) is 9.84. The van der Waals surface area contributed by atoms with Crippen molar-refractivity contribution in [3.05, 3.63) is 0 Å². The van der Waals surface area contributed by atoms with Crippen molar-refractivity contribution < 1.29 is 13.9 Å². The summed E-state index contributed by atoms with van der Waals surface area (Å²) in [5.74, 6) is -0.426. The van der Waals surface area contributed by atoms with E-state index < -0.39 is 12.3 Å². The number of halogens is 2. The van der Waals surface area contributed by atoms with E-state index in [4.69, 9.17) is 5.11 Å². The fourth-order valence-corrected chi connectivity index (χ4v) is 1.76. The maximum absolute atomic E-state index is 12.2. The normalized spacial score (nSPS) is 23.8. The summed E-state index contributed by atoms with van der Waals surface area (Å²) >= 11 is 0. The third kappa shape index (κ3) is 3.56. The minimum atomic E-state index is -2.17. The van der Waals surface area contributed by atoms with E-state index in [2.05, 4.69) is 0 Å². The van der Waals surface area contributed by atoms with Crippen LogP contribution in [-0.2, 0) is 0 Å². The molecule has 1 saturated heterocycles. The number of β-amino-alcohol motifs (C(OH)–C–C–N with tert-alkyl or cyclic N) is 1. The second-order valence-electron chi connectivity index (χ2n) is 3.82. The highest BCUT2D eigenvalue weighted by molar-refractivity contribution is 4.74. The highest BCUT2D eigenvalue weighted by Crippen LogP contribution is 2.23. The molecule has 0 radical (unpaired) electrons. The summed E-state index contributed by atoms with van der Waals surface area (Å²) in [6.45, 7) is 3.72. The van der Waals surface area contributed by atoms with E-state index in [1.165, 1.54) is 0 Å². The molecule has 1 rings (SSSR count). The third-order valence-electron chi connectivity index (χ3n) is 2.51. The molecule has 1 aliphatic heterocycles. The maximum atomic E-state index is 12.2. The number of alkyl halides is 2. The predicted octanol–water partition coefficient (Wildman–Crippen LogP) is 1.34. The molecule has 0 aromatic rings. The van der Waals surface area contributed by atoms with E-state index in [1.54, 1.807) is 6.92 Å². The first kappa shape index (κ1) is 10.9. The number of hydrogen-bond donors (Lipinski definition) is 1. The Balaban J connectivity index is 2.22. The minimum Gasteiger partial charge on any atom is -0.392 e. The van der Waals surface area contributed by atoms with Crippen LogP contribution in [-0.4, -0.2) is 42.2 Å². The van der Waals surface area contributed by atoms with Crippen molar-refractivity contribution in [2.75, 3.05) is 19.6 Å². The van der Waals surface area contributed by atoms with E-state index in [-0.39, 0.29) is 6.10 Å². The molecule has 0 spiro atoms. The lowest BCUT2D eigenvalue weighted by Crippen LogP contribution is -2.39. The largest absolute Gasteiger partial charge is 0.392 e. The van der Waals surface area contributed by atoms with Crippen LogP contribution in [0.1, 0.15) is 19.8 Å². The van der Waals surface area contributed by atoms with Gasteiger partial charge in [-0.15, -0.1) is 0 Å². The van der Waals surface area contributed by atoms with Gasteiger partial charge in [0.15, 0.2) is 0 Å². The van der Waals surface area contributed by atoms with Gasteiger partial charge in [0.25, 0.3) is 0 Å². The molecule has 0 bridgehead atoms. The number of aliphatic hydroxyl groups excluding tert-OH is 1. The molecule has 0 amide bonds. The zero-order valence-corrected chi connectivity index (χ0v) is 7.92. The molecule has 13 heavy (non-hydrogen) atoms. The number of piperidine rings is 1. The molecule has 0 aromatic carbocycles. The Labute approximate surface area is 77.5 Å². The molecule has 0 aromatic heterocycles. The van der Waals surface area contributed by atoms with Gasteiger partial charge in [-0.1, -0.05) is 0 Å². The Kier molecular flexibility index (Phi) is 4.06. The summed E-state index contributed by atoms with van der Waals surface area (Å²) in [5, 5.41) is 9.09. The number of aliphatic hydroxyl groups is 1. The van der Waals surface area contributed by atoms with Crippen LogP contribution in [0.15, 0.2) is 0 Å². The maximum Gasteiger partial charge on any atom is 0.241 e. The summed E-state index contributed by atoms with van der Waals surface area (Å²) in [7, 11) is 0. The van der Waals surface area contributed by atoms with Crippen LogP contribution < -0.4 is 0 Å². The Morgan fingerprint density at radius 2 is 1.92 bits per heavy atom. The molecular weight excluding hydrogens is 176 g/mol. The van der Waals surface area contributed by atoms with Crippen LogP contribution in [0.25, 0.3) is 0 Å². The van der Waals surface area contributed by atoms with Crippen LogP contribution in [0.5, 0.6) is 0 Å². The topological polar surface area (TPSA) is 23.5 Å². The third-order valence-corrected chi connectivity index (χ3v) is 2.51. The predicted molar refractivity (Wildman–Crippen MR) is 46.8 cm³/mol. The molecule has 4 heteroatoms. The second-order valence-corrected chi connectivity index (χ2v) is 3.82. The number of hydrogen-bond acceptors (Lipinski definition) is 2. The van der Waals surface area contributed by atoms with Crippen molar-refractivity contribution >= 4 is 0 Å². The Morgan fingerprint density at radius 1 is 1.38 bits per heavy atom. The molecule has 1 aliphatic rings. The van der Waals surface area contributed by atoms with Crippen LogP contribution in [0.4, 0.5) is 8.78 Å². The van der Waals surface area contributed by atoms with Crippen molar-refractivity contribution in [2.24, 2.45) is 5.92 Å². The summed E-state index contributed by atoms with van der Waals surface area (Å²) in [4.78, 5) is 2.05. The first-order chi connectivity index (χ1) is 6.09. The van der Waals surface area contributed by atoms with Crippen molar-refractivity contribution in [3.63, 3.8) is 0 Å². The summed E-state index contributed by atoms with van der Waals surface area (Å²) < 4.78 is 24.5. The zero-order valence-electron chi connectivity index (χ0n) is 7.92. The molecule has 1 N–H and O–H groups in total. The van der Waals surface area contributed by atoms with Gasteiger partial charge < -0.3 is 10.0 Å². The van der Waals surface area contributed by atoms with Crippen LogP contribution >= 0.6 is 0 Å². The van der Waals surface area contributed by atoms with Gasteiger partial charge in [0.2, 0.25) is 6.43 Å². The lowest BCUT2D eigenvalue weighted by molar-refractivity contribution is 0.0249. The van der Waals surface area contributed by atoms with Crippen LogP contribution in [0, 0.1) is 5.92 Å². The average Bonchev–Trinajstić information content (AvgIpc) is 2.04. The van der Waals surface area contributed by atoms with Gasteiger partial charge in [-0.2, -0.15) is 0 Å². The summed E-state index contributed by atoms with van der Waals surface area (Å²) in [6.07, 6.45) is -1.41. The summed E-state index contributed by atoms with van der Waals surface area (Å²) in [5.41, 5.74) is 0. The molecule has 0 saturated carbocycles. The van der Waals surface area contributed by atoms with E-state index >= 15 is 0 Å². The smallest absolute Gasteiger partial charge is 0.241 e. The van der Waals surface area contributed by atoms with E-state index in [9.17, 15) is 8.78 Å². The lowest BCUT2D eigenvalue weighted by Gasteiger charge is -2.32. The molecule has 78 valence electrons. The quantitative estimate of drug-likeness (QED) is 0.731. The number of nitrogens with zero attached hydrogens (tertiary/aromatic N) is 1. The highest BCUT2D eigenvalue weighted by Gasteiger charge is 2.26. The van der Waals surface area contributed by atoms with Gasteiger partial charge in [-0.3, -0.25) is 0 Å². The van der Waals surface area contributed by atoms with Gasteiger partial charge in [0.05, 0.1) is 6.10 Å². The Morgan fingerprint density at radius 3 is 2.31 bits per heavy atom.